The first-order chi connectivity index (χ1) is 9.40. The van der Waals surface area contributed by atoms with Crippen molar-refractivity contribution < 1.29 is 14.2 Å². The van der Waals surface area contributed by atoms with Crippen LogP contribution in [0.2, 0.25) is 0 Å². The molecule has 1 aromatic heterocycles. The van der Waals surface area contributed by atoms with Crippen molar-refractivity contribution in [2.24, 2.45) is 0 Å². The number of rotatable bonds is 0. The zero-order chi connectivity index (χ0) is 12.4. The predicted molar refractivity (Wildman–Crippen MR) is 66.0 cm³/mol. The van der Waals surface area contributed by atoms with Crippen LogP contribution in [0.1, 0.15) is 18.3 Å². The number of benzene rings is 1. The van der Waals surface area contributed by atoms with Crippen molar-refractivity contribution in [1.29, 1.82) is 0 Å². The SMILES string of the molecule is c1ccc2c(c1)nc1n2C2CC(=C3OCC2O3)OC1. The molecule has 1 saturated heterocycles. The Morgan fingerprint density at radius 3 is 3.16 bits per heavy atom. The summed E-state index contributed by atoms with van der Waals surface area (Å²) in [6.07, 6.45) is 0.893. The van der Waals surface area contributed by atoms with Crippen LogP contribution >= 0.6 is 0 Å². The van der Waals surface area contributed by atoms with E-state index < -0.39 is 0 Å². The summed E-state index contributed by atoms with van der Waals surface area (Å²) in [6.45, 7) is 1.07. The minimum Gasteiger partial charge on any atom is -0.483 e. The third-order valence-corrected chi connectivity index (χ3v) is 4.06. The van der Waals surface area contributed by atoms with E-state index in [1.807, 2.05) is 18.2 Å². The molecule has 0 saturated carbocycles. The lowest BCUT2D eigenvalue weighted by Gasteiger charge is -2.25. The molecule has 2 atom stereocenters. The lowest BCUT2D eigenvalue weighted by atomic mass is 10.1. The maximum absolute atomic E-state index is 5.81. The number of nitrogens with zero attached hydrogens (tertiary/aromatic N) is 2. The maximum Gasteiger partial charge on any atom is 0.319 e. The highest BCUT2D eigenvalue weighted by Crippen LogP contribution is 2.42. The van der Waals surface area contributed by atoms with Gasteiger partial charge in [-0.05, 0) is 12.1 Å². The highest BCUT2D eigenvalue weighted by molar-refractivity contribution is 5.76. The molecule has 2 aromatic rings. The predicted octanol–water partition coefficient (Wildman–Crippen LogP) is 2.10. The fourth-order valence-corrected chi connectivity index (χ4v) is 3.20. The van der Waals surface area contributed by atoms with Crippen LogP contribution in [0.3, 0.4) is 0 Å². The van der Waals surface area contributed by atoms with Gasteiger partial charge in [0.1, 0.15) is 19.0 Å². The fraction of sp³-hybridized carbons (Fsp3) is 0.357. The van der Waals surface area contributed by atoms with Gasteiger partial charge in [-0.15, -0.1) is 0 Å². The lowest BCUT2D eigenvalue weighted by Crippen LogP contribution is -2.28. The molecule has 0 spiro atoms. The van der Waals surface area contributed by atoms with E-state index in [0.717, 1.165) is 29.0 Å². The number of imidazole rings is 1. The van der Waals surface area contributed by atoms with Crippen LogP contribution in [0.5, 0.6) is 0 Å². The van der Waals surface area contributed by atoms with Crippen molar-refractivity contribution in [3.8, 4) is 0 Å². The molecule has 3 aliphatic rings. The molecule has 5 nitrogen and oxygen atoms in total. The van der Waals surface area contributed by atoms with Gasteiger partial charge in [-0.2, -0.15) is 0 Å². The third-order valence-electron chi connectivity index (χ3n) is 4.06. The Labute approximate surface area is 109 Å². The lowest BCUT2D eigenvalue weighted by molar-refractivity contribution is 0.0506. The highest BCUT2D eigenvalue weighted by atomic mass is 16.7. The molecule has 5 heteroatoms. The molecule has 19 heavy (non-hydrogen) atoms. The second kappa shape index (κ2) is 3.23. The summed E-state index contributed by atoms with van der Waals surface area (Å²) in [5.41, 5.74) is 2.16. The van der Waals surface area contributed by atoms with Gasteiger partial charge < -0.3 is 18.8 Å². The molecule has 0 amide bonds. The normalized spacial score (nSPS) is 27.4. The molecule has 0 aliphatic carbocycles. The van der Waals surface area contributed by atoms with Gasteiger partial charge in [-0.25, -0.2) is 4.98 Å². The molecule has 2 unspecified atom stereocenters. The van der Waals surface area contributed by atoms with Gasteiger partial charge in [-0.1, -0.05) is 12.1 Å². The second-order valence-corrected chi connectivity index (χ2v) is 5.12. The Morgan fingerprint density at radius 2 is 2.16 bits per heavy atom. The molecule has 1 aromatic carbocycles. The van der Waals surface area contributed by atoms with Crippen molar-refractivity contribution in [3.63, 3.8) is 0 Å². The quantitative estimate of drug-likeness (QED) is 0.724. The standard InChI is InChI=1S/C14H12N2O3/c1-2-4-9-8(3-1)15-13-7-17-11-5-10(16(9)13)12-6-18-14(11)19-12/h1-4,10,12H,5-7H2. The van der Waals surface area contributed by atoms with Gasteiger partial charge >= 0.3 is 5.95 Å². The third kappa shape index (κ3) is 1.17. The Morgan fingerprint density at radius 1 is 1.21 bits per heavy atom. The van der Waals surface area contributed by atoms with Crippen molar-refractivity contribution >= 4 is 11.0 Å². The molecule has 3 aliphatic heterocycles. The molecule has 1 fully saturated rings. The summed E-state index contributed by atoms with van der Waals surface area (Å²) >= 11 is 0. The van der Waals surface area contributed by atoms with E-state index >= 15 is 0 Å². The summed E-state index contributed by atoms with van der Waals surface area (Å²) < 4.78 is 19.4. The zero-order valence-electron chi connectivity index (χ0n) is 10.2. The van der Waals surface area contributed by atoms with Gasteiger partial charge in [0, 0.05) is 6.42 Å². The van der Waals surface area contributed by atoms with Gasteiger partial charge in [0.25, 0.3) is 0 Å². The maximum atomic E-state index is 5.81. The first-order valence-electron chi connectivity index (χ1n) is 6.51. The Bertz CT molecular complexity index is 719. The van der Waals surface area contributed by atoms with Crippen LogP contribution in [0, 0.1) is 0 Å². The fourth-order valence-electron chi connectivity index (χ4n) is 3.20. The first-order valence-corrected chi connectivity index (χ1v) is 6.51. The summed E-state index contributed by atoms with van der Waals surface area (Å²) in [6, 6.07) is 8.40. The highest BCUT2D eigenvalue weighted by Gasteiger charge is 2.43. The van der Waals surface area contributed by atoms with E-state index in [4.69, 9.17) is 14.2 Å². The number of fused-ring (bicyclic) bond motifs is 9. The average Bonchev–Trinajstić information content (AvgIpc) is 2.98. The Balaban J connectivity index is 1.79. The Kier molecular flexibility index (Phi) is 1.65. The van der Waals surface area contributed by atoms with Gasteiger partial charge in [0.15, 0.2) is 11.9 Å². The van der Waals surface area contributed by atoms with E-state index in [-0.39, 0.29) is 12.1 Å². The average molecular weight is 256 g/mol. The minimum atomic E-state index is 0.0665. The number of ether oxygens (including phenoxy) is 3. The number of aromatic nitrogens is 2. The van der Waals surface area contributed by atoms with Crippen LogP contribution in [0.25, 0.3) is 11.0 Å². The summed E-state index contributed by atoms with van der Waals surface area (Å²) in [7, 11) is 0. The smallest absolute Gasteiger partial charge is 0.319 e. The van der Waals surface area contributed by atoms with Crippen molar-refractivity contribution in [1.82, 2.24) is 9.55 Å². The molecule has 5 rings (SSSR count). The molecule has 0 radical (unpaired) electrons. The molecule has 96 valence electrons. The van der Waals surface area contributed by atoms with Gasteiger partial charge in [0.05, 0.1) is 17.1 Å². The number of hydrogen-bond acceptors (Lipinski definition) is 4. The molecule has 4 heterocycles. The van der Waals surface area contributed by atoms with E-state index in [1.54, 1.807) is 0 Å². The van der Waals surface area contributed by atoms with Gasteiger partial charge in [0.2, 0.25) is 0 Å². The van der Waals surface area contributed by atoms with Crippen LogP contribution in [-0.4, -0.2) is 22.3 Å². The number of hydrogen-bond donors (Lipinski definition) is 0. The molecular weight excluding hydrogens is 244 g/mol. The number of allylic oxidation sites excluding steroid dienone is 1. The summed E-state index contributed by atoms with van der Waals surface area (Å²) in [4.78, 5) is 4.68. The summed E-state index contributed by atoms with van der Waals surface area (Å²) in [5.74, 6) is 2.38. The molecular formula is C14H12N2O3. The van der Waals surface area contributed by atoms with Crippen LogP contribution in [0.4, 0.5) is 0 Å². The number of para-hydroxylation sites is 2. The second-order valence-electron chi connectivity index (χ2n) is 5.12. The Hall–Kier alpha value is -2.17. The monoisotopic (exact) mass is 256 g/mol. The largest absolute Gasteiger partial charge is 0.483 e. The zero-order valence-corrected chi connectivity index (χ0v) is 10.2. The van der Waals surface area contributed by atoms with E-state index in [0.29, 0.717) is 19.2 Å². The first kappa shape index (κ1) is 9.72. The van der Waals surface area contributed by atoms with E-state index in [1.165, 1.54) is 0 Å². The van der Waals surface area contributed by atoms with Crippen molar-refractivity contribution in [3.05, 3.63) is 41.8 Å². The van der Waals surface area contributed by atoms with Crippen LogP contribution in [0.15, 0.2) is 36.0 Å². The van der Waals surface area contributed by atoms with Crippen LogP contribution < -0.4 is 0 Å². The minimum absolute atomic E-state index is 0.0665. The van der Waals surface area contributed by atoms with E-state index in [9.17, 15) is 0 Å². The topological polar surface area (TPSA) is 45.5 Å². The molecule has 0 N–H and O–H groups in total. The van der Waals surface area contributed by atoms with Crippen molar-refractivity contribution in [2.75, 3.05) is 6.61 Å². The van der Waals surface area contributed by atoms with Gasteiger partial charge in [-0.3, -0.25) is 0 Å². The molecule has 4 bridgehead atoms. The van der Waals surface area contributed by atoms with E-state index in [2.05, 4.69) is 15.6 Å². The van der Waals surface area contributed by atoms with Crippen LogP contribution in [-0.2, 0) is 20.8 Å². The summed E-state index contributed by atoms with van der Waals surface area (Å²) in [5, 5.41) is 0. The van der Waals surface area contributed by atoms with Crippen molar-refractivity contribution in [2.45, 2.75) is 25.2 Å².